The van der Waals surface area contributed by atoms with Crippen LogP contribution >= 0.6 is 0 Å². The van der Waals surface area contributed by atoms with Crippen LogP contribution in [0.4, 0.5) is 10.1 Å². The van der Waals surface area contributed by atoms with Crippen molar-refractivity contribution in [2.75, 3.05) is 4.72 Å². The van der Waals surface area contributed by atoms with E-state index >= 15 is 0 Å². The second-order valence-electron chi connectivity index (χ2n) is 4.09. The van der Waals surface area contributed by atoms with E-state index < -0.39 is 20.7 Å². The number of hydrogen-bond donors (Lipinski definition) is 1. The van der Waals surface area contributed by atoms with E-state index in [9.17, 15) is 12.8 Å². The van der Waals surface area contributed by atoms with Crippen LogP contribution in [-0.4, -0.2) is 18.1 Å². The molecule has 0 saturated carbocycles. The maximum atomic E-state index is 12.5. The Kier molecular flexibility index (Phi) is 2.99. The number of anilines is 1. The predicted octanol–water partition coefficient (Wildman–Crippen LogP) is 1.76. The molecular weight excluding hydrogens is 219 g/mol. The van der Waals surface area contributed by atoms with Gasteiger partial charge in [-0.1, -0.05) is 0 Å². The van der Waals surface area contributed by atoms with Gasteiger partial charge in [-0.15, -0.1) is 0 Å². The average molecular weight is 232 g/mol. The summed E-state index contributed by atoms with van der Waals surface area (Å²) in [7, 11) is -3.48. The van der Waals surface area contributed by atoms with E-state index in [0.29, 0.717) is 0 Å². The molecule has 15 heavy (non-hydrogen) atoms. The number of aromatic nitrogens is 1. The number of nitrogens with one attached hydrogen (secondary N) is 1. The SMILES string of the molecule is CC(C)(C)S(=O)(=O)Nc1ccc(F)nc1. The maximum absolute atomic E-state index is 12.5. The fourth-order valence-corrected chi connectivity index (χ4v) is 1.48. The zero-order valence-corrected chi connectivity index (χ0v) is 9.60. The van der Waals surface area contributed by atoms with Gasteiger partial charge in [0.05, 0.1) is 16.6 Å². The predicted molar refractivity (Wildman–Crippen MR) is 56.5 cm³/mol. The lowest BCUT2D eigenvalue weighted by atomic mass is 10.3. The van der Waals surface area contributed by atoms with Crippen LogP contribution in [-0.2, 0) is 10.0 Å². The first-order valence-corrected chi connectivity index (χ1v) is 5.84. The van der Waals surface area contributed by atoms with E-state index in [1.165, 1.54) is 6.07 Å². The highest BCUT2D eigenvalue weighted by atomic mass is 32.2. The monoisotopic (exact) mass is 232 g/mol. The Morgan fingerprint density at radius 1 is 1.33 bits per heavy atom. The smallest absolute Gasteiger partial charge is 0.237 e. The van der Waals surface area contributed by atoms with Crippen LogP contribution in [0, 0.1) is 5.95 Å². The summed E-state index contributed by atoms with van der Waals surface area (Å²) in [4.78, 5) is 3.35. The first-order chi connectivity index (χ1) is 6.72. The summed E-state index contributed by atoms with van der Waals surface area (Å²) in [6.45, 7) is 4.73. The Morgan fingerprint density at radius 3 is 2.33 bits per heavy atom. The molecule has 0 unspecified atom stereocenters. The molecule has 0 saturated heterocycles. The van der Waals surface area contributed by atoms with E-state index in [1.54, 1.807) is 20.8 Å². The second-order valence-corrected chi connectivity index (χ2v) is 6.52. The van der Waals surface area contributed by atoms with Crippen molar-refractivity contribution in [2.24, 2.45) is 0 Å². The van der Waals surface area contributed by atoms with Crippen molar-refractivity contribution in [3.8, 4) is 0 Å². The van der Waals surface area contributed by atoms with Crippen molar-refractivity contribution in [1.82, 2.24) is 4.98 Å². The molecule has 0 amide bonds. The first-order valence-electron chi connectivity index (χ1n) is 4.36. The van der Waals surface area contributed by atoms with Crippen molar-refractivity contribution in [1.29, 1.82) is 0 Å². The lowest BCUT2D eigenvalue weighted by Crippen LogP contribution is -2.33. The number of sulfonamides is 1. The van der Waals surface area contributed by atoms with E-state index in [4.69, 9.17) is 0 Å². The molecule has 1 heterocycles. The lowest BCUT2D eigenvalue weighted by Gasteiger charge is -2.20. The molecule has 1 N–H and O–H groups in total. The van der Waals surface area contributed by atoms with Gasteiger partial charge in [0.1, 0.15) is 0 Å². The van der Waals surface area contributed by atoms with Gasteiger partial charge in [-0.25, -0.2) is 13.4 Å². The van der Waals surface area contributed by atoms with Gasteiger partial charge in [0.15, 0.2) is 0 Å². The number of halogens is 1. The van der Waals surface area contributed by atoms with Crippen LogP contribution in [0.3, 0.4) is 0 Å². The van der Waals surface area contributed by atoms with Crippen LogP contribution in [0.2, 0.25) is 0 Å². The summed E-state index contributed by atoms with van der Waals surface area (Å²) in [5.74, 6) is -0.645. The van der Waals surface area contributed by atoms with Crippen molar-refractivity contribution < 1.29 is 12.8 Å². The zero-order valence-electron chi connectivity index (χ0n) is 8.78. The Bertz CT molecular complexity index is 434. The lowest BCUT2D eigenvalue weighted by molar-refractivity contribution is 0.565. The average Bonchev–Trinajstić information content (AvgIpc) is 2.06. The van der Waals surface area contributed by atoms with Crippen molar-refractivity contribution in [2.45, 2.75) is 25.5 Å². The largest absolute Gasteiger partial charge is 0.282 e. The summed E-state index contributed by atoms with van der Waals surface area (Å²) in [6, 6.07) is 2.42. The van der Waals surface area contributed by atoms with E-state index in [2.05, 4.69) is 9.71 Å². The molecule has 0 aliphatic carbocycles. The van der Waals surface area contributed by atoms with Crippen molar-refractivity contribution in [3.63, 3.8) is 0 Å². The van der Waals surface area contributed by atoms with E-state index in [0.717, 1.165) is 12.3 Å². The van der Waals surface area contributed by atoms with Gasteiger partial charge < -0.3 is 0 Å². The summed E-state index contributed by atoms with van der Waals surface area (Å²) in [6.07, 6.45) is 1.14. The maximum Gasteiger partial charge on any atom is 0.237 e. The number of nitrogens with zero attached hydrogens (tertiary/aromatic N) is 1. The minimum atomic E-state index is -3.48. The van der Waals surface area contributed by atoms with Gasteiger partial charge in [-0.3, -0.25) is 4.72 Å². The highest BCUT2D eigenvalue weighted by molar-refractivity contribution is 7.94. The number of rotatable bonds is 2. The molecule has 0 aliphatic rings. The fraction of sp³-hybridized carbons (Fsp3) is 0.444. The van der Waals surface area contributed by atoms with Gasteiger partial charge in [0.2, 0.25) is 16.0 Å². The minimum Gasteiger partial charge on any atom is -0.282 e. The zero-order chi connectivity index (χ0) is 11.7. The summed E-state index contributed by atoms with van der Waals surface area (Å²) >= 11 is 0. The molecule has 1 rings (SSSR count). The third-order valence-electron chi connectivity index (χ3n) is 1.79. The van der Waals surface area contributed by atoms with Gasteiger partial charge in [0, 0.05) is 0 Å². The van der Waals surface area contributed by atoms with Crippen LogP contribution < -0.4 is 4.72 Å². The van der Waals surface area contributed by atoms with E-state index in [1.807, 2.05) is 0 Å². The highest BCUT2D eigenvalue weighted by Gasteiger charge is 2.28. The molecule has 0 bridgehead atoms. The van der Waals surface area contributed by atoms with Gasteiger partial charge in [-0.2, -0.15) is 4.39 Å². The third kappa shape index (κ3) is 2.89. The van der Waals surface area contributed by atoms with Crippen molar-refractivity contribution >= 4 is 15.7 Å². The number of hydrogen-bond acceptors (Lipinski definition) is 3. The molecule has 1 aromatic heterocycles. The summed E-state index contributed by atoms with van der Waals surface area (Å²) in [5, 5.41) is 0. The highest BCUT2D eigenvalue weighted by Crippen LogP contribution is 2.18. The topological polar surface area (TPSA) is 59.1 Å². The van der Waals surface area contributed by atoms with Gasteiger partial charge in [-0.05, 0) is 32.9 Å². The fourth-order valence-electron chi connectivity index (χ4n) is 0.744. The molecule has 4 nitrogen and oxygen atoms in total. The quantitative estimate of drug-likeness (QED) is 0.790. The molecule has 0 aliphatic heterocycles. The Balaban J connectivity index is 2.93. The second kappa shape index (κ2) is 3.77. The summed E-state index contributed by atoms with van der Waals surface area (Å²) in [5.41, 5.74) is 0.256. The molecule has 0 spiro atoms. The van der Waals surface area contributed by atoms with Gasteiger partial charge >= 0.3 is 0 Å². The molecule has 1 aromatic rings. The van der Waals surface area contributed by atoms with E-state index in [-0.39, 0.29) is 5.69 Å². The molecule has 0 fully saturated rings. The standard InChI is InChI=1S/C9H13FN2O2S/c1-9(2,3)15(13,14)12-7-4-5-8(10)11-6-7/h4-6,12H,1-3H3. The summed E-state index contributed by atoms with van der Waals surface area (Å²) < 4.78 is 37.2. The number of pyridine rings is 1. The Labute approximate surface area is 88.6 Å². The molecule has 6 heteroatoms. The van der Waals surface area contributed by atoms with Crippen LogP contribution in [0.5, 0.6) is 0 Å². The van der Waals surface area contributed by atoms with Crippen LogP contribution in [0.1, 0.15) is 20.8 Å². The third-order valence-corrected chi connectivity index (χ3v) is 3.90. The first kappa shape index (κ1) is 11.9. The Hall–Kier alpha value is -1.17. The molecule has 0 aromatic carbocycles. The minimum absolute atomic E-state index is 0.256. The van der Waals surface area contributed by atoms with Crippen LogP contribution in [0.15, 0.2) is 18.3 Å². The molecule has 84 valence electrons. The normalized spacial score (nSPS) is 12.5. The van der Waals surface area contributed by atoms with Gasteiger partial charge in [0.25, 0.3) is 0 Å². The molecule has 0 atom stereocenters. The Morgan fingerprint density at radius 2 is 1.93 bits per heavy atom. The van der Waals surface area contributed by atoms with Crippen molar-refractivity contribution in [3.05, 3.63) is 24.3 Å². The molecular formula is C9H13FN2O2S. The molecule has 0 radical (unpaired) electrons. The van der Waals surface area contributed by atoms with Crippen LogP contribution in [0.25, 0.3) is 0 Å².